The monoisotopic (exact) mass is 401 g/mol. The first-order chi connectivity index (χ1) is 13.1. The topological polar surface area (TPSA) is 70.2 Å². The molecule has 6 nitrogen and oxygen atoms in total. The summed E-state index contributed by atoms with van der Waals surface area (Å²) in [5, 5.41) is 6.64. The largest absolute Gasteiger partial charge is 0.573 e. The lowest BCUT2D eigenvalue weighted by atomic mass is 10.1. The molecule has 0 spiro atoms. The molecule has 0 fully saturated rings. The second kappa shape index (κ2) is 7.41. The molecule has 1 unspecified atom stereocenters. The van der Waals surface area contributed by atoms with E-state index in [9.17, 15) is 26.7 Å². The summed E-state index contributed by atoms with van der Waals surface area (Å²) in [6.45, 7) is 1.61. The van der Waals surface area contributed by atoms with E-state index >= 15 is 0 Å². The third-order valence-electron chi connectivity index (χ3n) is 3.81. The molecule has 148 valence electrons. The number of rotatable bonds is 5. The van der Waals surface area contributed by atoms with E-state index in [4.69, 9.17) is 4.42 Å². The molecule has 11 heteroatoms. The molecule has 3 aromatic rings. The van der Waals surface area contributed by atoms with Crippen LogP contribution in [0.15, 0.2) is 51.8 Å². The van der Waals surface area contributed by atoms with E-state index in [2.05, 4.69) is 14.9 Å². The highest BCUT2D eigenvalue weighted by molar-refractivity contribution is 5.51. The van der Waals surface area contributed by atoms with Crippen molar-refractivity contribution in [3.8, 4) is 17.2 Å². The minimum atomic E-state index is -4.83. The molecule has 0 saturated heterocycles. The maximum Gasteiger partial charge on any atom is 0.573 e. The quantitative estimate of drug-likeness (QED) is 0.595. The van der Waals surface area contributed by atoms with Crippen molar-refractivity contribution in [2.45, 2.75) is 25.8 Å². The van der Waals surface area contributed by atoms with Crippen LogP contribution in [-0.2, 0) is 0 Å². The highest BCUT2D eigenvalue weighted by Gasteiger charge is 2.31. The van der Waals surface area contributed by atoms with E-state index in [-0.39, 0.29) is 11.5 Å². The minimum absolute atomic E-state index is 0.141. The lowest BCUT2D eigenvalue weighted by Gasteiger charge is -2.17. The summed E-state index contributed by atoms with van der Waals surface area (Å²) in [5.74, 6) is -1.52. The van der Waals surface area contributed by atoms with Gasteiger partial charge < -0.3 is 13.7 Å². The van der Waals surface area contributed by atoms with E-state index in [0.717, 1.165) is 12.1 Å². The van der Waals surface area contributed by atoms with Gasteiger partial charge >= 0.3 is 12.8 Å². The average Bonchev–Trinajstić information content (AvgIpc) is 3.10. The molecule has 0 saturated carbocycles. The number of alkyl halides is 5. The third-order valence-corrected chi connectivity index (χ3v) is 3.81. The van der Waals surface area contributed by atoms with Crippen LogP contribution in [-0.4, -0.2) is 21.1 Å². The van der Waals surface area contributed by atoms with Gasteiger partial charge in [-0.05, 0) is 30.7 Å². The third kappa shape index (κ3) is 4.35. The molecule has 2 heterocycles. The number of hydrogen-bond donors (Lipinski definition) is 0. The van der Waals surface area contributed by atoms with Crippen molar-refractivity contribution >= 4 is 0 Å². The fraction of sp³-hybridized carbons (Fsp3) is 0.235. The van der Waals surface area contributed by atoms with Crippen LogP contribution in [0.4, 0.5) is 22.0 Å². The maximum atomic E-state index is 12.5. The van der Waals surface area contributed by atoms with E-state index in [0.29, 0.717) is 5.56 Å². The molecule has 0 aliphatic carbocycles. The number of halogens is 5. The van der Waals surface area contributed by atoms with Crippen molar-refractivity contribution in [1.82, 2.24) is 14.8 Å². The predicted molar refractivity (Wildman–Crippen MR) is 85.9 cm³/mol. The van der Waals surface area contributed by atoms with E-state index in [1.807, 2.05) is 0 Å². The molecule has 0 radical (unpaired) electrons. The van der Waals surface area contributed by atoms with Crippen LogP contribution >= 0.6 is 0 Å². The van der Waals surface area contributed by atoms with Gasteiger partial charge in [0.15, 0.2) is 0 Å². The summed E-state index contributed by atoms with van der Waals surface area (Å²) in [7, 11) is 0. The van der Waals surface area contributed by atoms with E-state index in [1.54, 1.807) is 13.0 Å². The highest BCUT2D eigenvalue weighted by atomic mass is 19.4. The van der Waals surface area contributed by atoms with Crippen LogP contribution in [0.5, 0.6) is 5.75 Å². The first kappa shape index (κ1) is 19.5. The fourth-order valence-electron chi connectivity index (χ4n) is 2.51. The standard InChI is InChI=1S/C17H12F5N3O3/c1-9(10-3-2-4-12(7-10)28-17(20,21)22)25-6-5-11(8-13(25)26)15-23-24-16(27-15)14(18)19/h2-9,14H,1H3. The van der Waals surface area contributed by atoms with Gasteiger partial charge in [0.1, 0.15) is 5.75 Å². The van der Waals surface area contributed by atoms with Gasteiger partial charge in [-0.25, -0.2) is 0 Å². The van der Waals surface area contributed by atoms with Gasteiger partial charge in [0.2, 0.25) is 5.89 Å². The SMILES string of the molecule is CC(c1cccc(OC(F)(F)F)c1)n1ccc(-c2nnc(C(F)F)o2)cc1=O. The molecule has 0 aliphatic rings. The number of benzene rings is 1. The fourth-order valence-corrected chi connectivity index (χ4v) is 2.51. The van der Waals surface area contributed by atoms with Crippen LogP contribution in [0.1, 0.15) is 30.8 Å². The lowest BCUT2D eigenvalue weighted by molar-refractivity contribution is -0.274. The smallest absolute Gasteiger partial charge is 0.415 e. The number of hydrogen-bond acceptors (Lipinski definition) is 5. The van der Waals surface area contributed by atoms with Crippen molar-refractivity contribution in [3.05, 3.63) is 64.4 Å². The van der Waals surface area contributed by atoms with Gasteiger partial charge in [-0.2, -0.15) is 8.78 Å². The second-order valence-corrected chi connectivity index (χ2v) is 5.70. The lowest BCUT2D eigenvalue weighted by Crippen LogP contribution is -2.23. The molecule has 1 atom stereocenters. The van der Waals surface area contributed by atoms with Gasteiger partial charge in [0.25, 0.3) is 11.4 Å². The zero-order valence-electron chi connectivity index (χ0n) is 14.2. The summed E-state index contributed by atoms with van der Waals surface area (Å²) >= 11 is 0. The summed E-state index contributed by atoms with van der Waals surface area (Å²) in [4.78, 5) is 12.4. The Bertz CT molecular complexity index is 1030. The van der Waals surface area contributed by atoms with Gasteiger partial charge in [-0.1, -0.05) is 12.1 Å². The van der Waals surface area contributed by atoms with E-state index < -0.39 is 36.0 Å². The molecular formula is C17H12F5N3O3. The zero-order chi connectivity index (χ0) is 20.5. The number of ether oxygens (including phenoxy) is 1. The Morgan fingerprint density at radius 1 is 1.14 bits per heavy atom. The normalized spacial score (nSPS) is 13.0. The van der Waals surface area contributed by atoms with Crippen molar-refractivity contribution < 1.29 is 31.1 Å². The predicted octanol–water partition coefficient (Wildman–Crippen LogP) is 4.34. The van der Waals surface area contributed by atoms with Crippen LogP contribution in [0.25, 0.3) is 11.5 Å². The Kier molecular flexibility index (Phi) is 5.16. The molecule has 0 N–H and O–H groups in total. The van der Waals surface area contributed by atoms with E-state index in [1.165, 1.54) is 29.0 Å². The summed E-state index contributed by atoms with van der Waals surface area (Å²) in [6.07, 6.45) is -6.42. The first-order valence-electron chi connectivity index (χ1n) is 7.84. The van der Waals surface area contributed by atoms with Crippen molar-refractivity contribution in [2.75, 3.05) is 0 Å². The van der Waals surface area contributed by atoms with Crippen molar-refractivity contribution in [2.24, 2.45) is 0 Å². The summed E-state index contributed by atoms with van der Waals surface area (Å²) < 4.78 is 72.1. The molecule has 2 aromatic heterocycles. The Morgan fingerprint density at radius 3 is 2.50 bits per heavy atom. The Balaban J connectivity index is 1.87. The van der Waals surface area contributed by atoms with Gasteiger partial charge in [0.05, 0.1) is 6.04 Å². The van der Waals surface area contributed by atoms with Crippen LogP contribution in [0.2, 0.25) is 0 Å². The highest BCUT2D eigenvalue weighted by Crippen LogP contribution is 2.27. The molecule has 1 aromatic carbocycles. The van der Waals surface area contributed by atoms with Crippen molar-refractivity contribution in [1.29, 1.82) is 0 Å². The summed E-state index contributed by atoms with van der Waals surface area (Å²) in [6, 6.07) is 7.11. The van der Waals surface area contributed by atoms with Gasteiger partial charge in [-0.3, -0.25) is 4.79 Å². The molecule has 0 aliphatic heterocycles. The zero-order valence-corrected chi connectivity index (χ0v) is 14.2. The molecule has 3 rings (SSSR count). The first-order valence-corrected chi connectivity index (χ1v) is 7.84. The summed E-state index contributed by atoms with van der Waals surface area (Å²) in [5.41, 5.74) is 0.000298. The van der Waals surface area contributed by atoms with Gasteiger partial charge in [-0.15, -0.1) is 23.4 Å². The van der Waals surface area contributed by atoms with Gasteiger partial charge in [0, 0.05) is 17.8 Å². The van der Waals surface area contributed by atoms with Crippen LogP contribution in [0, 0.1) is 0 Å². The minimum Gasteiger partial charge on any atom is -0.415 e. The number of aromatic nitrogens is 3. The van der Waals surface area contributed by atoms with Crippen molar-refractivity contribution in [3.63, 3.8) is 0 Å². The Hall–Kier alpha value is -3.24. The molecular weight excluding hydrogens is 389 g/mol. The Labute approximate surface area is 154 Å². The number of nitrogens with zero attached hydrogens (tertiary/aromatic N) is 3. The van der Waals surface area contributed by atoms with Crippen LogP contribution in [0.3, 0.4) is 0 Å². The number of pyridine rings is 1. The molecule has 0 amide bonds. The van der Waals surface area contributed by atoms with Crippen LogP contribution < -0.4 is 10.3 Å². The Morgan fingerprint density at radius 2 is 1.89 bits per heavy atom. The molecule has 0 bridgehead atoms. The maximum absolute atomic E-state index is 12.5. The molecule has 28 heavy (non-hydrogen) atoms. The second-order valence-electron chi connectivity index (χ2n) is 5.70. The average molecular weight is 401 g/mol.